The van der Waals surface area contributed by atoms with E-state index in [2.05, 4.69) is 50.8 Å². The largest absolute Gasteiger partial charge is 0.396 e. The Labute approximate surface area is 130 Å². The standard InChI is InChI=1S/C13H17BrINO2/c1-2-9(5-6-17)8-16-13(18)11-7-10(15)3-4-12(11)14/h3-4,7,9,17H,2,5-6,8H2,1H3,(H,16,18). The van der Waals surface area contributed by atoms with Crippen LogP contribution in [0.15, 0.2) is 22.7 Å². The van der Waals surface area contributed by atoms with Crippen molar-refractivity contribution in [3.63, 3.8) is 0 Å². The Morgan fingerprint density at radius 1 is 1.56 bits per heavy atom. The Kier molecular flexibility index (Phi) is 7.18. The molecule has 1 aromatic rings. The number of nitrogens with one attached hydrogen (secondary N) is 1. The summed E-state index contributed by atoms with van der Waals surface area (Å²) < 4.78 is 1.83. The fourth-order valence-electron chi connectivity index (χ4n) is 1.64. The molecule has 0 aliphatic heterocycles. The zero-order chi connectivity index (χ0) is 13.5. The number of amides is 1. The van der Waals surface area contributed by atoms with Gasteiger partial charge in [0, 0.05) is 21.2 Å². The number of hydrogen-bond donors (Lipinski definition) is 2. The van der Waals surface area contributed by atoms with Crippen molar-refractivity contribution < 1.29 is 9.90 Å². The highest BCUT2D eigenvalue weighted by atomic mass is 127. The van der Waals surface area contributed by atoms with Gasteiger partial charge in [-0.3, -0.25) is 4.79 Å². The Balaban J connectivity index is 2.62. The van der Waals surface area contributed by atoms with Crippen LogP contribution in [0.1, 0.15) is 30.1 Å². The molecule has 0 saturated carbocycles. The van der Waals surface area contributed by atoms with Gasteiger partial charge in [-0.15, -0.1) is 0 Å². The summed E-state index contributed by atoms with van der Waals surface area (Å²) in [6.45, 7) is 2.84. The smallest absolute Gasteiger partial charge is 0.252 e. The zero-order valence-electron chi connectivity index (χ0n) is 10.2. The molecule has 0 bridgehead atoms. The molecular weight excluding hydrogens is 409 g/mol. The van der Waals surface area contributed by atoms with E-state index in [1.54, 1.807) is 0 Å². The minimum absolute atomic E-state index is 0.0724. The van der Waals surface area contributed by atoms with E-state index >= 15 is 0 Å². The van der Waals surface area contributed by atoms with Gasteiger partial charge >= 0.3 is 0 Å². The fourth-order valence-corrected chi connectivity index (χ4v) is 2.55. The van der Waals surface area contributed by atoms with Crippen LogP contribution < -0.4 is 5.32 Å². The van der Waals surface area contributed by atoms with Crippen molar-refractivity contribution in [3.05, 3.63) is 31.8 Å². The molecule has 0 saturated heterocycles. The number of halogens is 2. The normalized spacial score (nSPS) is 12.2. The maximum absolute atomic E-state index is 12.0. The van der Waals surface area contributed by atoms with Gasteiger partial charge in [-0.2, -0.15) is 0 Å². The molecule has 1 rings (SSSR count). The topological polar surface area (TPSA) is 49.3 Å². The SMILES string of the molecule is CCC(CCO)CNC(=O)c1cc(I)ccc1Br. The number of benzene rings is 1. The van der Waals surface area contributed by atoms with Crippen LogP contribution in [0, 0.1) is 9.49 Å². The summed E-state index contributed by atoms with van der Waals surface area (Å²) in [4.78, 5) is 12.0. The van der Waals surface area contributed by atoms with E-state index in [0.717, 1.165) is 20.9 Å². The monoisotopic (exact) mass is 425 g/mol. The molecule has 5 heteroatoms. The molecule has 3 nitrogen and oxygen atoms in total. The maximum atomic E-state index is 12.0. The molecule has 0 fully saturated rings. The Bertz CT molecular complexity index is 412. The van der Waals surface area contributed by atoms with Gasteiger partial charge in [0.2, 0.25) is 0 Å². The van der Waals surface area contributed by atoms with Gasteiger partial charge in [0.1, 0.15) is 0 Å². The quantitative estimate of drug-likeness (QED) is 0.687. The average Bonchev–Trinajstić information content (AvgIpc) is 2.37. The van der Waals surface area contributed by atoms with Gasteiger partial charge in [0.15, 0.2) is 0 Å². The number of carbonyl (C=O) groups excluding carboxylic acids is 1. The van der Waals surface area contributed by atoms with Crippen molar-refractivity contribution in [1.29, 1.82) is 0 Å². The van der Waals surface area contributed by atoms with Crippen LogP contribution in [-0.4, -0.2) is 24.2 Å². The summed E-state index contributed by atoms with van der Waals surface area (Å²) in [5.41, 5.74) is 0.653. The van der Waals surface area contributed by atoms with Crippen LogP contribution in [0.4, 0.5) is 0 Å². The Morgan fingerprint density at radius 3 is 2.89 bits per heavy atom. The summed E-state index contributed by atoms with van der Waals surface area (Å²) in [6, 6.07) is 5.68. The summed E-state index contributed by atoms with van der Waals surface area (Å²) in [5, 5.41) is 11.8. The van der Waals surface area contributed by atoms with Gasteiger partial charge < -0.3 is 10.4 Å². The summed E-state index contributed by atoms with van der Waals surface area (Å²) in [5.74, 6) is 0.261. The van der Waals surface area contributed by atoms with Gasteiger partial charge in [-0.1, -0.05) is 13.3 Å². The van der Waals surface area contributed by atoms with E-state index in [0.29, 0.717) is 18.0 Å². The Hall–Kier alpha value is -0.140. The van der Waals surface area contributed by atoms with Crippen LogP contribution in [0.25, 0.3) is 0 Å². The first-order chi connectivity index (χ1) is 8.58. The van der Waals surface area contributed by atoms with Gasteiger partial charge in [0.25, 0.3) is 5.91 Å². The molecular formula is C13H17BrINO2. The van der Waals surface area contributed by atoms with Crippen LogP contribution in [0.3, 0.4) is 0 Å². The number of hydrogen-bond acceptors (Lipinski definition) is 2. The molecule has 0 heterocycles. The molecule has 1 unspecified atom stereocenters. The van der Waals surface area contributed by atoms with Crippen molar-refractivity contribution in [2.75, 3.05) is 13.2 Å². The van der Waals surface area contributed by atoms with Crippen LogP contribution >= 0.6 is 38.5 Å². The summed E-state index contributed by atoms with van der Waals surface area (Å²) in [7, 11) is 0. The van der Waals surface area contributed by atoms with E-state index in [9.17, 15) is 4.79 Å². The molecule has 18 heavy (non-hydrogen) atoms. The first-order valence-corrected chi connectivity index (χ1v) is 7.79. The second kappa shape index (κ2) is 8.12. The van der Waals surface area contributed by atoms with Crippen LogP contribution in [-0.2, 0) is 0 Å². The zero-order valence-corrected chi connectivity index (χ0v) is 14.0. The summed E-state index contributed by atoms with van der Waals surface area (Å²) >= 11 is 5.57. The molecule has 100 valence electrons. The highest BCUT2D eigenvalue weighted by Crippen LogP contribution is 2.19. The predicted octanol–water partition coefficient (Wildman–Crippen LogP) is 3.19. The number of rotatable bonds is 6. The van der Waals surface area contributed by atoms with Crippen molar-refractivity contribution >= 4 is 44.4 Å². The molecule has 0 spiro atoms. The van der Waals surface area contributed by atoms with Gasteiger partial charge in [-0.05, 0) is 69.1 Å². The second-order valence-electron chi connectivity index (χ2n) is 4.12. The predicted molar refractivity (Wildman–Crippen MR) is 84.7 cm³/mol. The maximum Gasteiger partial charge on any atom is 0.252 e. The summed E-state index contributed by atoms with van der Waals surface area (Å²) in [6.07, 6.45) is 1.68. The minimum Gasteiger partial charge on any atom is -0.396 e. The molecule has 0 aliphatic carbocycles. The van der Waals surface area contributed by atoms with Gasteiger partial charge in [0.05, 0.1) is 5.56 Å². The van der Waals surface area contributed by atoms with E-state index in [4.69, 9.17) is 5.11 Å². The molecule has 1 aromatic carbocycles. The third-order valence-corrected chi connectivity index (χ3v) is 4.20. The third-order valence-electron chi connectivity index (χ3n) is 2.84. The van der Waals surface area contributed by atoms with Crippen molar-refractivity contribution in [1.82, 2.24) is 5.32 Å². The Morgan fingerprint density at radius 2 is 2.28 bits per heavy atom. The lowest BCUT2D eigenvalue weighted by atomic mass is 10.0. The van der Waals surface area contributed by atoms with Crippen molar-refractivity contribution in [3.8, 4) is 0 Å². The second-order valence-corrected chi connectivity index (χ2v) is 6.22. The number of aliphatic hydroxyl groups excluding tert-OH is 1. The van der Waals surface area contributed by atoms with Crippen LogP contribution in [0.2, 0.25) is 0 Å². The van der Waals surface area contributed by atoms with Crippen molar-refractivity contribution in [2.45, 2.75) is 19.8 Å². The molecule has 0 radical (unpaired) electrons. The first-order valence-electron chi connectivity index (χ1n) is 5.92. The first kappa shape index (κ1) is 15.9. The average molecular weight is 426 g/mol. The lowest BCUT2D eigenvalue weighted by molar-refractivity contribution is 0.0942. The highest BCUT2D eigenvalue weighted by Gasteiger charge is 2.12. The molecule has 0 aliphatic rings. The van der Waals surface area contributed by atoms with E-state index in [1.165, 1.54) is 0 Å². The molecule has 1 atom stereocenters. The van der Waals surface area contributed by atoms with E-state index < -0.39 is 0 Å². The fraction of sp³-hybridized carbons (Fsp3) is 0.462. The third kappa shape index (κ3) is 4.85. The number of carbonyl (C=O) groups is 1. The lowest BCUT2D eigenvalue weighted by Gasteiger charge is -2.14. The highest BCUT2D eigenvalue weighted by molar-refractivity contribution is 14.1. The molecule has 0 aromatic heterocycles. The van der Waals surface area contributed by atoms with Crippen LogP contribution in [0.5, 0.6) is 0 Å². The minimum atomic E-state index is -0.0724. The van der Waals surface area contributed by atoms with Crippen molar-refractivity contribution in [2.24, 2.45) is 5.92 Å². The van der Waals surface area contributed by atoms with E-state index in [-0.39, 0.29) is 12.5 Å². The molecule has 2 N–H and O–H groups in total. The molecule has 1 amide bonds. The number of aliphatic hydroxyl groups is 1. The van der Waals surface area contributed by atoms with E-state index in [1.807, 2.05) is 18.2 Å². The lowest BCUT2D eigenvalue weighted by Crippen LogP contribution is -2.29. The van der Waals surface area contributed by atoms with Gasteiger partial charge in [-0.25, -0.2) is 0 Å².